The summed E-state index contributed by atoms with van der Waals surface area (Å²) in [5, 5.41) is 9.98. The minimum Gasteiger partial charge on any atom is -0.480 e. The third-order valence-electron chi connectivity index (χ3n) is 3.64. The molecule has 1 atom stereocenters. The van der Waals surface area contributed by atoms with Crippen LogP contribution in [-0.4, -0.2) is 34.0 Å². The molecule has 0 radical (unpaired) electrons. The Labute approximate surface area is 129 Å². The standard InChI is InChI=1S/C15H14BrNO4/c1-8(15(19)20)17(11-3-4-11)14(18)13-7-9-6-10(16)2-5-12(9)21-13/h2,5-8,11H,3-4H2,1H3,(H,19,20). The van der Waals surface area contributed by atoms with Crippen molar-refractivity contribution in [1.29, 1.82) is 0 Å². The van der Waals surface area contributed by atoms with Crippen molar-refractivity contribution in [2.24, 2.45) is 0 Å². The Morgan fingerprint density at radius 2 is 2.10 bits per heavy atom. The van der Waals surface area contributed by atoms with Crippen LogP contribution in [0.2, 0.25) is 0 Å². The number of benzene rings is 1. The normalized spacial score (nSPS) is 15.9. The molecule has 3 rings (SSSR count). The van der Waals surface area contributed by atoms with Gasteiger partial charge < -0.3 is 14.4 Å². The lowest BCUT2D eigenvalue weighted by Crippen LogP contribution is -2.44. The summed E-state index contributed by atoms with van der Waals surface area (Å²) in [5.41, 5.74) is 0.611. The number of nitrogens with zero attached hydrogens (tertiary/aromatic N) is 1. The van der Waals surface area contributed by atoms with Crippen molar-refractivity contribution in [1.82, 2.24) is 4.90 Å². The summed E-state index contributed by atoms with van der Waals surface area (Å²) in [4.78, 5) is 25.2. The molecule has 110 valence electrons. The van der Waals surface area contributed by atoms with Crippen LogP contribution in [0.25, 0.3) is 11.0 Å². The first-order chi connectivity index (χ1) is 9.97. The number of carboxylic acids is 1. The number of hydrogen-bond acceptors (Lipinski definition) is 3. The van der Waals surface area contributed by atoms with Crippen molar-refractivity contribution in [3.63, 3.8) is 0 Å². The molecule has 0 saturated heterocycles. The molecule has 1 fully saturated rings. The van der Waals surface area contributed by atoms with E-state index in [1.807, 2.05) is 12.1 Å². The number of rotatable bonds is 4. The van der Waals surface area contributed by atoms with E-state index in [0.29, 0.717) is 5.58 Å². The van der Waals surface area contributed by atoms with Gasteiger partial charge in [-0.15, -0.1) is 0 Å². The Kier molecular flexibility index (Phi) is 3.49. The molecule has 1 saturated carbocycles. The number of amides is 1. The summed E-state index contributed by atoms with van der Waals surface area (Å²) in [6.45, 7) is 1.53. The van der Waals surface area contributed by atoms with Gasteiger partial charge in [0.1, 0.15) is 11.6 Å². The predicted molar refractivity (Wildman–Crippen MR) is 80.2 cm³/mol. The second kappa shape index (κ2) is 5.18. The lowest BCUT2D eigenvalue weighted by atomic mass is 10.2. The van der Waals surface area contributed by atoms with Crippen molar-refractivity contribution in [2.45, 2.75) is 31.8 Å². The number of carbonyl (C=O) groups excluding carboxylic acids is 1. The van der Waals surface area contributed by atoms with E-state index in [1.54, 1.807) is 12.1 Å². The Morgan fingerprint density at radius 1 is 1.38 bits per heavy atom. The molecule has 1 aliphatic rings. The summed E-state index contributed by atoms with van der Waals surface area (Å²) in [5.74, 6) is -1.18. The van der Waals surface area contributed by atoms with E-state index < -0.39 is 12.0 Å². The first-order valence-electron chi connectivity index (χ1n) is 6.72. The van der Waals surface area contributed by atoms with Gasteiger partial charge in [-0.25, -0.2) is 4.79 Å². The molecule has 1 aromatic heterocycles. The van der Waals surface area contributed by atoms with Gasteiger partial charge in [-0.05, 0) is 44.0 Å². The van der Waals surface area contributed by atoms with E-state index in [2.05, 4.69) is 15.9 Å². The number of carboxylic acid groups (broad SMARTS) is 1. The molecule has 0 aliphatic heterocycles. The van der Waals surface area contributed by atoms with Gasteiger partial charge in [0, 0.05) is 15.9 Å². The number of aliphatic carboxylic acids is 1. The van der Waals surface area contributed by atoms with Gasteiger partial charge in [-0.3, -0.25) is 4.79 Å². The van der Waals surface area contributed by atoms with Crippen molar-refractivity contribution in [3.8, 4) is 0 Å². The first-order valence-corrected chi connectivity index (χ1v) is 7.51. The van der Waals surface area contributed by atoms with Gasteiger partial charge in [0.15, 0.2) is 5.76 Å². The monoisotopic (exact) mass is 351 g/mol. The maximum atomic E-state index is 12.6. The van der Waals surface area contributed by atoms with Gasteiger partial charge in [0.2, 0.25) is 0 Å². The summed E-state index contributed by atoms with van der Waals surface area (Å²) < 4.78 is 6.46. The van der Waals surface area contributed by atoms with Crippen LogP contribution in [0.4, 0.5) is 0 Å². The molecule has 2 aromatic rings. The van der Waals surface area contributed by atoms with E-state index in [0.717, 1.165) is 22.7 Å². The smallest absolute Gasteiger partial charge is 0.326 e. The van der Waals surface area contributed by atoms with Crippen LogP contribution in [0.3, 0.4) is 0 Å². The lowest BCUT2D eigenvalue weighted by molar-refractivity contribution is -0.141. The van der Waals surface area contributed by atoms with E-state index in [4.69, 9.17) is 4.42 Å². The summed E-state index contributed by atoms with van der Waals surface area (Å²) in [7, 11) is 0. The molecule has 5 nitrogen and oxygen atoms in total. The highest BCUT2D eigenvalue weighted by Crippen LogP contribution is 2.32. The highest BCUT2D eigenvalue weighted by atomic mass is 79.9. The maximum Gasteiger partial charge on any atom is 0.326 e. The van der Waals surface area contributed by atoms with Crippen LogP contribution in [0.1, 0.15) is 30.3 Å². The van der Waals surface area contributed by atoms with Gasteiger partial charge in [0.25, 0.3) is 5.91 Å². The third kappa shape index (κ3) is 2.68. The summed E-state index contributed by atoms with van der Waals surface area (Å²) >= 11 is 3.37. The average Bonchev–Trinajstić information content (AvgIpc) is 3.17. The second-order valence-electron chi connectivity index (χ2n) is 5.25. The number of furan rings is 1. The molecule has 0 bridgehead atoms. The Hall–Kier alpha value is -1.82. The highest BCUT2D eigenvalue weighted by molar-refractivity contribution is 9.10. The van der Waals surface area contributed by atoms with Gasteiger partial charge in [-0.1, -0.05) is 15.9 Å². The highest BCUT2D eigenvalue weighted by Gasteiger charge is 2.39. The Balaban J connectivity index is 1.95. The molecule has 1 aliphatic carbocycles. The lowest BCUT2D eigenvalue weighted by Gasteiger charge is -2.25. The molecule has 21 heavy (non-hydrogen) atoms. The molecule has 1 heterocycles. The van der Waals surface area contributed by atoms with Crippen LogP contribution in [0.5, 0.6) is 0 Å². The minimum atomic E-state index is -1.01. The van der Waals surface area contributed by atoms with Crippen molar-refractivity contribution in [2.75, 3.05) is 0 Å². The second-order valence-corrected chi connectivity index (χ2v) is 6.17. The maximum absolute atomic E-state index is 12.6. The van der Waals surface area contributed by atoms with E-state index in [9.17, 15) is 14.7 Å². The summed E-state index contributed by atoms with van der Waals surface area (Å²) in [6.07, 6.45) is 1.68. The van der Waals surface area contributed by atoms with E-state index >= 15 is 0 Å². The molecule has 6 heteroatoms. The zero-order chi connectivity index (χ0) is 15.1. The van der Waals surface area contributed by atoms with Gasteiger partial charge in [-0.2, -0.15) is 0 Å². The first kappa shape index (κ1) is 14.1. The third-order valence-corrected chi connectivity index (χ3v) is 4.13. The van der Waals surface area contributed by atoms with Gasteiger partial charge >= 0.3 is 5.97 Å². The molecular formula is C15H14BrNO4. The zero-order valence-corrected chi connectivity index (χ0v) is 13.0. The fraction of sp³-hybridized carbons (Fsp3) is 0.333. The van der Waals surface area contributed by atoms with E-state index in [1.165, 1.54) is 11.8 Å². The SMILES string of the molecule is CC(C(=O)O)N(C(=O)c1cc2cc(Br)ccc2o1)C1CC1. The van der Waals surface area contributed by atoms with Crippen LogP contribution in [0, 0.1) is 0 Å². The molecule has 1 amide bonds. The largest absolute Gasteiger partial charge is 0.480 e. The van der Waals surface area contributed by atoms with Crippen molar-refractivity contribution < 1.29 is 19.1 Å². The molecule has 1 N–H and O–H groups in total. The van der Waals surface area contributed by atoms with Crippen LogP contribution < -0.4 is 0 Å². The fourth-order valence-electron chi connectivity index (χ4n) is 2.38. The predicted octanol–water partition coefficient (Wildman–Crippen LogP) is 3.27. The Bertz CT molecular complexity index is 720. The molecule has 1 aromatic carbocycles. The van der Waals surface area contributed by atoms with E-state index in [-0.39, 0.29) is 17.7 Å². The van der Waals surface area contributed by atoms with Crippen LogP contribution in [-0.2, 0) is 4.79 Å². The number of fused-ring (bicyclic) bond motifs is 1. The molecule has 0 spiro atoms. The topological polar surface area (TPSA) is 70.8 Å². The fourth-order valence-corrected chi connectivity index (χ4v) is 2.76. The van der Waals surface area contributed by atoms with Crippen molar-refractivity contribution >= 4 is 38.8 Å². The quantitative estimate of drug-likeness (QED) is 0.917. The van der Waals surface area contributed by atoms with Crippen molar-refractivity contribution in [3.05, 3.63) is 34.5 Å². The van der Waals surface area contributed by atoms with Gasteiger partial charge in [0.05, 0.1) is 0 Å². The van der Waals surface area contributed by atoms with Crippen LogP contribution >= 0.6 is 15.9 Å². The zero-order valence-electron chi connectivity index (χ0n) is 11.4. The summed E-state index contributed by atoms with van der Waals surface area (Å²) in [6, 6.07) is 6.27. The number of hydrogen-bond donors (Lipinski definition) is 1. The molecule has 1 unspecified atom stereocenters. The number of halogens is 1. The average molecular weight is 352 g/mol. The number of carbonyl (C=O) groups is 2. The molecular weight excluding hydrogens is 338 g/mol. The van der Waals surface area contributed by atoms with Crippen LogP contribution in [0.15, 0.2) is 33.2 Å². The Morgan fingerprint density at radius 3 is 2.71 bits per heavy atom. The minimum absolute atomic E-state index is 0.00329.